The Labute approximate surface area is 264 Å². The Bertz CT molecular complexity index is 1270. The molecule has 12 heteroatoms. The number of fused-ring (bicyclic) bond motifs is 4. The van der Waals surface area contributed by atoms with Crippen LogP contribution in [0.3, 0.4) is 0 Å². The summed E-state index contributed by atoms with van der Waals surface area (Å²) in [5.41, 5.74) is -6.57. The number of ether oxygens (including phenoxy) is 5. The van der Waals surface area contributed by atoms with Gasteiger partial charge in [-0.3, -0.25) is 28.8 Å². The molecule has 4 rings (SSSR count). The molecule has 0 bridgehead atoms. The molecule has 12 nitrogen and oxygen atoms in total. The number of hydrogen-bond donors (Lipinski definition) is 1. The van der Waals surface area contributed by atoms with Gasteiger partial charge in [0.1, 0.15) is 30.5 Å². The van der Waals surface area contributed by atoms with Crippen LogP contribution >= 0.6 is 0 Å². The lowest BCUT2D eigenvalue weighted by molar-refractivity contribution is -0.240. The van der Waals surface area contributed by atoms with Crippen molar-refractivity contribution < 1.29 is 57.6 Å². The molecule has 12 atom stereocenters. The van der Waals surface area contributed by atoms with Gasteiger partial charge in [-0.15, -0.1) is 0 Å². The van der Waals surface area contributed by atoms with Crippen molar-refractivity contribution in [2.24, 2.45) is 46.3 Å². The van der Waals surface area contributed by atoms with Crippen molar-refractivity contribution in [1.82, 2.24) is 0 Å². The zero-order valence-corrected chi connectivity index (χ0v) is 28.0. The molecule has 0 saturated heterocycles. The number of esters is 5. The van der Waals surface area contributed by atoms with Crippen LogP contribution in [0.15, 0.2) is 0 Å². The summed E-state index contributed by atoms with van der Waals surface area (Å²) < 4.78 is 29.9. The quantitative estimate of drug-likeness (QED) is 0.306. The fourth-order valence-electron chi connectivity index (χ4n) is 9.27. The molecule has 45 heavy (non-hydrogen) atoms. The Hall–Kier alpha value is -3.02. The SMILES string of the molecule is CCC(C)C(=O)O[C@@H]1[C@H]2[C@@H](OC(C)=O)[C@@H](C)C[C@]2(O)C(=O)[C@@](C)(OC(C)=O)[C@@H]2[C@@H]3[C@H](C[C@@H](OC(C)=O)[C@@]12COC(C)=O)C3(C)C. The molecule has 0 aromatic rings. The summed E-state index contributed by atoms with van der Waals surface area (Å²) in [7, 11) is 0. The summed E-state index contributed by atoms with van der Waals surface area (Å²) in [6.45, 7) is 14.8. The Morgan fingerprint density at radius 1 is 0.911 bits per heavy atom. The average Bonchev–Trinajstić information content (AvgIpc) is 3.36. The molecule has 4 aliphatic rings. The van der Waals surface area contributed by atoms with Gasteiger partial charge in [0.25, 0.3) is 0 Å². The van der Waals surface area contributed by atoms with E-state index in [1.807, 2.05) is 13.8 Å². The van der Waals surface area contributed by atoms with Crippen LogP contribution in [0.2, 0.25) is 0 Å². The Balaban J connectivity index is 2.17. The van der Waals surface area contributed by atoms with E-state index in [4.69, 9.17) is 23.7 Å². The molecule has 0 aromatic heterocycles. The van der Waals surface area contributed by atoms with Crippen molar-refractivity contribution in [1.29, 1.82) is 0 Å². The van der Waals surface area contributed by atoms with E-state index in [1.54, 1.807) is 20.8 Å². The van der Waals surface area contributed by atoms with E-state index in [-0.39, 0.29) is 24.7 Å². The Morgan fingerprint density at radius 3 is 2.02 bits per heavy atom. The van der Waals surface area contributed by atoms with Gasteiger partial charge in [0.05, 0.1) is 17.3 Å². The van der Waals surface area contributed by atoms with E-state index in [1.165, 1.54) is 27.7 Å². The monoisotopic (exact) mass is 636 g/mol. The van der Waals surface area contributed by atoms with E-state index in [2.05, 4.69) is 0 Å². The van der Waals surface area contributed by atoms with Gasteiger partial charge in [0, 0.05) is 33.6 Å². The molecule has 4 aliphatic carbocycles. The van der Waals surface area contributed by atoms with Crippen LogP contribution in [0.5, 0.6) is 0 Å². The minimum atomic E-state index is -2.32. The van der Waals surface area contributed by atoms with Gasteiger partial charge in [-0.2, -0.15) is 0 Å². The zero-order valence-electron chi connectivity index (χ0n) is 28.0. The van der Waals surface area contributed by atoms with Crippen LogP contribution < -0.4 is 0 Å². The van der Waals surface area contributed by atoms with Gasteiger partial charge in [0.15, 0.2) is 5.60 Å². The van der Waals surface area contributed by atoms with E-state index in [9.17, 15) is 29.1 Å². The third-order valence-electron chi connectivity index (χ3n) is 11.3. The van der Waals surface area contributed by atoms with Crippen LogP contribution in [-0.4, -0.2) is 76.9 Å². The third-order valence-corrected chi connectivity index (χ3v) is 11.3. The molecule has 0 amide bonds. The minimum absolute atomic E-state index is 0.123. The zero-order chi connectivity index (χ0) is 34.0. The molecule has 4 saturated carbocycles. The number of carbonyl (C=O) groups excluding carboxylic acids is 6. The van der Waals surface area contributed by atoms with Crippen LogP contribution in [0.1, 0.15) is 88.5 Å². The number of Topliss-reactive ketones (excluding diaryl/α,β-unsaturated/α-hetero) is 1. The maximum absolute atomic E-state index is 15.0. The number of rotatable bonds is 8. The lowest BCUT2D eigenvalue weighted by Gasteiger charge is -2.55. The van der Waals surface area contributed by atoms with Crippen molar-refractivity contribution in [3.63, 3.8) is 0 Å². The standard InChI is InChI=1S/C33H48O12/c1-11-15(2)28(38)44-27-24-25(43-19(6)36)16(3)13-33(24,40)29(39)31(10,45-20(7)37)26-23-21(30(23,8)9)12-22(42-18(5)35)32(26,27)14-41-17(4)34/h15-16,21-27,40H,11-14H2,1-10H3/t15?,16-,21-,22+,23-,24+,25-,26-,27+,31-,32+,33+/m0/s1. The molecule has 0 radical (unpaired) electrons. The molecule has 0 aromatic carbocycles. The van der Waals surface area contributed by atoms with Gasteiger partial charge in [0.2, 0.25) is 5.78 Å². The van der Waals surface area contributed by atoms with Crippen LogP contribution in [0.25, 0.3) is 0 Å². The summed E-state index contributed by atoms with van der Waals surface area (Å²) in [5.74, 6) is -8.49. The molecular weight excluding hydrogens is 588 g/mol. The fourth-order valence-corrected chi connectivity index (χ4v) is 9.27. The van der Waals surface area contributed by atoms with Crippen molar-refractivity contribution in [2.75, 3.05) is 6.61 Å². The minimum Gasteiger partial charge on any atom is -0.465 e. The van der Waals surface area contributed by atoms with E-state index >= 15 is 4.79 Å². The van der Waals surface area contributed by atoms with Gasteiger partial charge < -0.3 is 28.8 Å². The second kappa shape index (κ2) is 11.7. The molecule has 252 valence electrons. The highest BCUT2D eigenvalue weighted by molar-refractivity contribution is 5.98. The summed E-state index contributed by atoms with van der Waals surface area (Å²) in [5, 5.41) is 12.6. The first-order valence-corrected chi connectivity index (χ1v) is 15.8. The summed E-state index contributed by atoms with van der Waals surface area (Å²) in [6, 6.07) is 0. The smallest absolute Gasteiger partial charge is 0.308 e. The highest BCUT2D eigenvalue weighted by Gasteiger charge is 2.84. The molecule has 1 unspecified atom stereocenters. The first-order valence-electron chi connectivity index (χ1n) is 15.8. The maximum atomic E-state index is 15.0. The summed E-state index contributed by atoms with van der Waals surface area (Å²) >= 11 is 0. The van der Waals surface area contributed by atoms with Crippen LogP contribution in [0, 0.1) is 46.3 Å². The van der Waals surface area contributed by atoms with E-state index in [0.717, 1.165) is 6.92 Å². The summed E-state index contributed by atoms with van der Waals surface area (Å²) in [6.07, 6.45) is -3.27. The predicted octanol–water partition coefficient (Wildman–Crippen LogP) is 2.94. The molecule has 1 N–H and O–H groups in total. The summed E-state index contributed by atoms with van der Waals surface area (Å²) in [4.78, 5) is 79.4. The topological polar surface area (TPSA) is 169 Å². The first-order chi connectivity index (χ1) is 20.7. The van der Waals surface area contributed by atoms with Gasteiger partial charge in [-0.25, -0.2) is 0 Å². The van der Waals surface area contributed by atoms with Crippen molar-refractivity contribution >= 4 is 35.6 Å². The highest BCUT2D eigenvalue weighted by atomic mass is 16.6. The number of hydrogen-bond acceptors (Lipinski definition) is 12. The van der Waals surface area contributed by atoms with Crippen molar-refractivity contribution in [3.8, 4) is 0 Å². The average molecular weight is 637 g/mol. The molecule has 0 spiro atoms. The van der Waals surface area contributed by atoms with E-state index in [0.29, 0.717) is 6.42 Å². The maximum Gasteiger partial charge on any atom is 0.308 e. The number of carbonyl (C=O) groups is 6. The number of aliphatic hydroxyl groups is 1. The molecular formula is C33H48O12. The Morgan fingerprint density at radius 2 is 1.51 bits per heavy atom. The second-order valence-electron chi connectivity index (χ2n) is 14.6. The van der Waals surface area contributed by atoms with Gasteiger partial charge >= 0.3 is 29.8 Å². The Kier molecular flexibility index (Phi) is 9.02. The predicted molar refractivity (Wildman–Crippen MR) is 156 cm³/mol. The second-order valence-corrected chi connectivity index (χ2v) is 14.6. The lowest BCUT2D eigenvalue weighted by Crippen LogP contribution is -2.66. The molecule has 4 fully saturated rings. The fraction of sp³-hybridized carbons (Fsp3) is 0.818. The molecule has 0 aliphatic heterocycles. The van der Waals surface area contributed by atoms with Crippen LogP contribution in [0.4, 0.5) is 0 Å². The van der Waals surface area contributed by atoms with Gasteiger partial charge in [-0.1, -0.05) is 34.6 Å². The third kappa shape index (κ3) is 5.44. The normalized spacial score (nSPS) is 41.6. The molecule has 0 heterocycles. The largest absolute Gasteiger partial charge is 0.465 e. The first kappa shape index (κ1) is 34.8. The lowest BCUT2D eigenvalue weighted by atomic mass is 9.55. The number of ketones is 1. The van der Waals surface area contributed by atoms with Crippen molar-refractivity contribution in [2.45, 2.75) is 118 Å². The van der Waals surface area contributed by atoms with E-state index < -0.39 is 106 Å². The van der Waals surface area contributed by atoms with Crippen molar-refractivity contribution in [3.05, 3.63) is 0 Å². The highest BCUT2D eigenvalue weighted by Crippen LogP contribution is 2.76. The van der Waals surface area contributed by atoms with Gasteiger partial charge in [-0.05, 0) is 49.4 Å². The van der Waals surface area contributed by atoms with Crippen LogP contribution in [-0.2, 0) is 52.5 Å².